The molecule has 1 aliphatic heterocycles. The molecule has 0 unspecified atom stereocenters. The molecule has 1 amide bonds. The van der Waals surface area contributed by atoms with E-state index in [1.807, 2.05) is 0 Å². The first kappa shape index (κ1) is 35.0. The van der Waals surface area contributed by atoms with Crippen LogP contribution in [-0.4, -0.2) is 108 Å². The van der Waals surface area contributed by atoms with Gasteiger partial charge in [-0.25, -0.2) is 24.7 Å². The number of ketones is 1. The molecule has 0 saturated carbocycles. The number of nitrogens with two attached hydrogens (primary N) is 1. The molecule has 0 aromatic carbocycles. The highest BCUT2D eigenvalue weighted by Crippen LogP contribution is 2.32. The van der Waals surface area contributed by atoms with Crippen LogP contribution in [0.4, 0.5) is 11.8 Å². The summed E-state index contributed by atoms with van der Waals surface area (Å²) >= 11 is 0. The van der Waals surface area contributed by atoms with Gasteiger partial charge < -0.3 is 40.6 Å². The molecule has 21 nitrogen and oxygen atoms in total. The van der Waals surface area contributed by atoms with Crippen LogP contribution in [0.2, 0.25) is 0 Å². The minimum Gasteiger partial charge on any atom is -0.462 e. The summed E-state index contributed by atoms with van der Waals surface area (Å²) in [4.78, 5) is 76.7. The molecule has 6 rings (SSSR count). The molecule has 5 aromatic rings. The van der Waals surface area contributed by atoms with Gasteiger partial charge in [0.25, 0.3) is 11.5 Å². The van der Waals surface area contributed by atoms with E-state index in [9.17, 15) is 29.4 Å². The third kappa shape index (κ3) is 6.37. The monoisotopic (exact) mass is 707 g/mol. The Bertz CT molecular complexity index is 2230. The zero-order valence-electron chi connectivity index (χ0n) is 28.2. The molecule has 4 atom stereocenters. The molecule has 0 radical (unpaired) electrons. The van der Waals surface area contributed by atoms with Crippen molar-refractivity contribution in [1.29, 1.82) is 0 Å². The van der Waals surface area contributed by atoms with Crippen LogP contribution in [0.5, 0.6) is 6.01 Å². The molecule has 1 saturated heterocycles. The molecular weight excluding hydrogens is 670 g/mol. The van der Waals surface area contributed by atoms with Gasteiger partial charge in [-0.1, -0.05) is 0 Å². The van der Waals surface area contributed by atoms with Gasteiger partial charge in [0.1, 0.15) is 24.3 Å². The molecule has 5 aromatic heterocycles. The Morgan fingerprint density at radius 2 is 1.73 bits per heavy atom. The number of anilines is 2. The number of rotatable bonds is 13. The van der Waals surface area contributed by atoms with Crippen LogP contribution in [0.1, 0.15) is 43.2 Å². The summed E-state index contributed by atoms with van der Waals surface area (Å²) in [6.45, 7) is 6.24. The Hall–Kier alpha value is -5.80. The number of carbonyl (C=O) groups excluding carboxylic acids is 2. The van der Waals surface area contributed by atoms with Crippen molar-refractivity contribution < 1.29 is 29.3 Å². The topological polar surface area (TPSA) is 274 Å². The second kappa shape index (κ2) is 14.2. The lowest BCUT2D eigenvalue weighted by molar-refractivity contribution is -0.137. The minimum absolute atomic E-state index is 0.0288. The minimum atomic E-state index is -1.48. The van der Waals surface area contributed by atoms with E-state index in [2.05, 4.69) is 40.5 Å². The summed E-state index contributed by atoms with van der Waals surface area (Å²) < 4.78 is 16.5. The van der Waals surface area contributed by atoms with E-state index in [0.29, 0.717) is 12.1 Å². The van der Waals surface area contributed by atoms with Crippen molar-refractivity contribution in [2.24, 2.45) is 7.05 Å². The van der Waals surface area contributed by atoms with E-state index in [0.717, 1.165) is 4.57 Å². The molecule has 6 heterocycles. The van der Waals surface area contributed by atoms with Crippen LogP contribution in [0.25, 0.3) is 22.3 Å². The third-order valence-corrected chi connectivity index (χ3v) is 8.36. The highest BCUT2D eigenvalue weighted by atomic mass is 16.6. The largest absolute Gasteiger partial charge is 0.462 e. The van der Waals surface area contributed by atoms with Gasteiger partial charge in [-0.15, -0.1) is 0 Å². The van der Waals surface area contributed by atoms with Crippen LogP contribution in [-0.2, 0) is 36.1 Å². The summed E-state index contributed by atoms with van der Waals surface area (Å²) in [6.07, 6.45) is -1.29. The van der Waals surface area contributed by atoms with Gasteiger partial charge in [-0.05, 0) is 26.3 Å². The molecule has 51 heavy (non-hydrogen) atoms. The van der Waals surface area contributed by atoms with E-state index in [-0.39, 0.29) is 78.6 Å². The number of imidazole rings is 2. The normalized spacial score (nSPS) is 18.8. The number of nitrogens with one attached hydrogen (secondary N) is 2. The number of fused-ring (bicyclic) bond motifs is 2. The van der Waals surface area contributed by atoms with Gasteiger partial charge in [-0.3, -0.25) is 28.1 Å². The lowest BCUT2D eigenvalue weighted by atomic mass is 10.1. The Morgan fingerprint density at radius 3 is 2.41 bits per heavy atom. The number of amides is 1. The number of carbonyl (C=O) groups is 2. The summed E-state index contributed by atoms with van der Waals surface area (Å²) in [5.41, 5.74) is 6.34. The predicted octanol–water partition coefficient (Wildman–Crippen LogP) is -1.88. The molecule has 270 valence electrons. The molecule has 0 bridgehead atoms. The number of aromatic nitrogens is 10. The second-order valence-corrected chi connectivity index (χ2v) is 11.6. The van der Waals surface area contributed by atoms with Gasteiger partial charge >= 0.3 is 11.7 Å². The van der Waals surface area contributed by atoms with Crippen LogP contribution >= 0.6 is 0 Å². The van der Waals surface area contributed by atoms with Crippen LogP contribution in [0.3, 0.4) is 0 Å². The first-order chi connectivity index (χ1) is 24.5. The second-order valence-electron chi connectivity index (χ2n) is 11.6. The molecule has 1 fully saturated rings. The molecule has 21 heteroatoms. The maximum absolute atomic E-state index is 13.2. The number of nitrogens with zero attached hydrogens (tertiary/aromatic N) is 10. The van der Waals surface area contributed by atoms with Gasteiger partial charge in [0.2, 0.25) is 11.7 Å². The number of hydrogen-bond acceptors (Lipinski definition) is 16. The van der Waals surface area contributed by atoms with Crippen LogP contribution in [0.15, 0.2) is 28.3 Å². The van der Waals surface area contributed by atoms with E-state index in [1.54, 1.807) is 27.8 Å². The molecule has 0 spiro atoms. The van der Waals surface area contributed by atoms with E-state index >= 15 is 0 Å². The van der Waals surface area contributed by atoms with Gasteiger partial charge in [0.05, 0.1) is 12.9 Å². The van der Waals surface area contributed by atoms with Gasteiger partial charge in [0, 0.05) is 45.5 Å². The number of likely N-dealkylation sites (N-methyl/N-ethyl adjacent to an activating group) is 1. The Morgan fingerprint density at radius 1 is 1.00 bits per heavy atom. The van der Waals surface area contributed by atoms with Crippen molar-refractivity contribution in [3.8, 4) is 6.01 Å². The van der Waals surface area contributed by atoms with Crippen molar-refractivity contribution >= 4 is 45.8 Å². The maximum Gasteiger partial charge on any atom is 0.332 e. The van der Waals surface area contributed by atoms with Crippen molar-refractivity contribution in [2.45, 2.75) is 64.8 Å². The zero-order chi connectivity index (χ0) is 36.6. The highest BCUT2D eigenvalue weighted by Gasteiger charge is 2.47. The number of aliphatic hydroxyl groups is 2. The van der Waals surface area contributed by atoms with Crippen molar-refractivity contribution in [3.63, 3.8) is 0 Å². The Kier molecular flexibility index (Phi) is 9.76. The van der Waals surface area contributed by atoms with Crippen molar-refractivity contribution in [2.75, 3.05) is 30.7 Å². The lowest BCUT2D eigenvalue weighted by Gasteiger charge is -2.16. The summed E-state index contributed by atoms with van der Waals surface area (Å²) in [7, 11) is 1.56. The van der Waals surface area contributed by atoms with E-state index in [1.165, 1.54) is 32.4 Å². The zero-order valence-corrected chi connectivity index (χ0v) is 28.2. The number of ether oxygens (including phenoxy) is 2. The highest BCUT2D eigenvalue weighted by molar-refractivity contribution is 5.97. The fourth-order valence-corrected chi connectivity index (χ4v) is 5.84. The lowest BCUT2D eigenvalue weighted by Crippen LogP contribution is -2.42. The smallest absolute Gasteiger partial charge is 0.332 e. The average molecular weight is 708 g/mol. The summed E-state index contributed by atoms with van der Waals surface area (Å²) in [5.74, 6) is -0.772. The maximum atomic E-state index is 13.2. The van der Waals surface area contributed by atoms with Crippen molar-refractivity contribution in [3.05, 3.63) is 50.9 Å². The SMILES string of the molecule is CCNC(=O)[C@H]1O[C@@H](n2cnc3c(N)nc(NCCOc4ncc(CC(=O)c5nc6c(c(=O)n(CC)c(=O)n6CC)n5C)cn4)nc32)[C@H](O)[C@@H]1O. The number of hydrogen-bond donors (Lipinski definition) is 5. The van der Waals surface area contributed by atoms with Crippen molar-refractivity contribution in [1.82, 2.24) is 53.5 Å². The quantitative estimate of drug-likeness (QED) is 0.0661. The predicted molar refractivity (Wildman–Crippen MR) is 179 cm³/mol. The number of nitrogen functional groups attached to an aromatic ring is 1. The molecule has 0 aliphatic carbocycles. The fraction of sp³-hybridized carbons (Fsp3) is 0.467. The van der Waals surface area contributed by atoms with Gasteiger partial charge in [-0.2, -0.15) is 9.97 Å². The standard InChI is InChI=1S/C30H37N13O8/c1-5-32-25(47)20-18(45)19(46)27(51-20)43-13-36-16-21(31)37-28(39-23(16)43)33-8-9-50-29-34-11-14(12-35-29)10-15(44)22-38-24-17(40(22)4)26(48)42(7-3)30(49)41(24)6-2/h11-13,18-20,27,45-46H,5-10H2,1-4H3,(H,32,47)(H3,31,33,37,39)/t18-,19+,20-,27+/m0/s1. The average Bonchev–Trinajstić information content (AvgIpc) is 3.78. The summed E-state index contributed by atoms with van der Waals surface area (Å²) in [5, 5.41) is 26.6. The van der Waals surface area contributed by atoms with Crippen LogP contribution < -0.4 is 32.4 Å². The fourth-order valence-electron chi connectivity index (χ4n) is 5.84. The number of aryl methyl sites for hydroxylation is 2. The Balaban J connectivity index is 1.08. The Labute approximate surface area is 288 Å². The first-order valence-electron chi connectivity index (χ1n) is 16.2. The third-order valence-electron chi connectivity index (χ3n) is 8.36. The van der Waals surface area contributed by atoms with Gasteiger partial charge in [0.15, 0.2) is 40.8 Å². The van der Waals surface area contributed by atoms with E-state index in [4.69, 9.17) is 15.2 Å². The number of aliphatic hydroxyl groups excluding tert-OH is 2. The van der Waals surface area contributed by atoms with Crippen LogP contribution in [0, 0.1) is 0 Å². The first-order valence-corrected chi connectivity index (χ1v) is 16.2. The summed E-state index contributed by atoms with van der Waals surface area (Å²) in [6, 6.07) is 0.0457. The molecule has 1 aliphatic rings. The van der Waals surface area contributed by atoms with E-state index < -0.39 is 47.5 Å². The molecular formula is C30H37N13O8. The molecule has 6 N–H and O–H groups in total. The number of Topliss-reactive ketones (excluding diaryl/α,β-unsaturated/α-hetero) is 1.